The third-order valence-corrected chi connectivity index (χ3v) is 4.70. The number of carbonyl (C=O) groups is 1. The van der Waals surface area contributed by atoms with Gasteiger partial charge in [-0.25, -0.2) is 9.97 Å². The van der Waals surface area contributed by atoms with Crippen LogP contribution in [0.4, 0.5) is 0 Å². The van der Waals surface area contributed by atoms with Gasteiger partial charge >= 0.3 is 0 Å². The van der Waals surface area contributed by atoms with E-state index in [-0.39, 0.29) is 5.91 Å². The minimum absolute atomic E-state index is 0.174. The van der Waals surface area contributed by atoms with Gasteiger partial charge in [-0.15, -0.1) is 11.3 Å². The second-order valence-corrected chi connectivity index (χ2v) is 6.73. The summed E-state index contributed by atoms with van der Waals surface area (Å²) in [5, 5.41) is 2.99. The van der Waals surface area contributed by atoms with Crippen LogP contribution in [-0.4, -0.2) is 38.8 Å². The molecular formula is C15H20N4OS. The second-order valence-electron chi connectivity index (χ2n) is 5.66. The summed E-state index contributed by atoms with van der Waals surface area (Å²) in [5.41, 5.74) is 1.96. The first-order valence-electron chi connectivity index (χ1n) is 7.32. The highest BCUT2D eigenvalue weighted by Crippen LogP contribution is 2.25. The van der Waals surface area contributed by atoms with Crippen molar-refractivity contribution in [2.24, 2.45) is 0 Å². The van der Waals surface area contributed by atoms with E-state index in [9.17, 15) is 4.79 Å². The van der Waals surface area contributed by atoms with Crippen molar-refractivity contribution in [3.63, 3.8) is 0 Å². The molecule has 0 aliphatic carbocycles. The van der Waals surface area contributed by atoms with Crippen molar-refractivity contribution in [2.45, 2.75) is 39.0 Å². The number of hydrogen-bond acceptors (Lipinski definition) is 4. The summed E-state index contributed by atoms with van der Waals surface area (Å²) in [7, 11) is 0. The third kappa shape index (κ3) is 3.32. The highest BCUT2D eigenvalue weighted by Gasteiger charge is 2.26. The molecule has 112 valence electrons. The standard InChI is InChI=1S/C15H20N4OS/c1-10-7-16-15(17-10)12-4-3-5-19(8-12)14(20)6-13-9-21-11(2)18-13/h7,9,12H,3-6,8H2,1-2H3,(H,16,17)/t12-/m1/s1. The van der Waals surface area contributed by atoms with Crippen LogP contribution in [0.1, 0.15) is 41.0 Å². The Kier molecular flexibility index (Phi) is 4.05. The molecule has 21 heavy (non-hydrogen) atoms. The zero-order valence-electron chi connectivity index (χ0n) is 12.4. The Morgan fingerprint density at radius 3 is 3.05 bits per heavy atom. The number of H-pyrrole nitrogens is 1. The molecule has 1 atom stereocenters. The molecule has 1 saturated heterocycles. The number of rotatable bonds is 3. The first kappa shape index (κ1) is 14.3. The van der Waals surface area contributed by atoms with Crippen LogP contribution in [0.25, 0.3) is 0 Å². The fourth-order valence-corrected chi connectivity index (χ4v) is 3.44. The van der Waals surface area contributed by atoms with Crippen molar-refractivity contribution in [1.82, 2.24) is 19.9 Å². The average molecular weight is 304 g/mol. The van der Waals surface area contributed by atoms with Gasteiger partial charge in [0.2, 0.25) is 5.91 Å². The molecule has 0 saturated carbocycles. The molecule has 1 fully saturated rings. The molecule has 5 nitrogen and oxygen atoms in total. The first-order valence-corrected chi connectivity index (χ1v) is 8.20. The molecule has 3 rings (SSSR count). The van der Waals surface area contributed by atoms with Crippen LogP contribution in [-0.2, 0) is 11.2 Å². The van der Waals surface area contributed by atoms with Crippen LogP contribution in [0.3, 0.4) is 0 Å². The zero-order chi connectivity index (χ0) is 14.8. The minimum Gasteiger partial charge on any atom is -0.346 e. The van der Waals surface area contributed by atoms with Gasteiger partial charge in [-0.05, 0) is 26.7 Å². The van der Waals surface area contributed by atoms with Gasteiger partial charge in [0, 0.05) is 36.3 Å². The van der Waals surface area contributed by atoms with Gasteiger partial charge in [0.15, 0.2) is 0 Å². The van der Waals surface area contributed by atoms with Crippen molar-refractivity contribution in [3.8, 4) is 0 Å². The van der Waals surface area contributed by atoms with Crippen molar-refractivity contribution in [2.75, 3.05) is 13.1 Å². The van der Waals surface area contributed by atoms with Gasteiger partial charge < -0.3 is 9.88 Å². The lowest BCUT2D eigenvalue weighted by Gasteiger charge is -2.31. The average Bonchev–Trinajstić information content (AvgIpc) is 3.08. The lowest BCUT2D eigenvalue weighted by Crippen LogP contribution is -2.40. The van der Waals surface area contributed by atoms with E-state index in [0.29, 0.717) is 12.3 Å². The topological polar surface area (TPSA) is 61.9 Å². The summed E-state index contributed by atoms with van der Waals surface area (Å²) in [5.74, 6) is 1.51. The van der Waals surface area contributed by atoms with E-state index in [1.165, 1.54) is 0 Å². The van der Waals surface area contributed by atoms with Gasteiger partial charge in [-0.1, -0.05) is 0 Å². The Morgan fingerprint density at radius 2 is 2.38 bits per heavy atom. The van der Waals surface area contributed by atoms with Gasteiger partial charge in [0.25, 0.3) is 0 Å². The number of nitrogens with zero attached hydrogens (tertiary/aromatic N) is 3. The smallest absolute Gasteiger partial charge is 0.228 e. The minimum atomic E-state index is 0.174. The Morgan fingerprint density at radius 1 is 1.52 bits per heavy atom. The predicted octanol–water partition coefficient (Wildman–Crippen LogP) is 2.43. The molecule has 0 bridgehead atoms. The molecule has 0 radical (unpaired) electrons. The van der Waals surface area contributed by atoms with Gasteiger partial charge in [-0.3, -0.25) is 4.79 Å². The largest absolute Gasteiger partial charge is 0.346 e. The summed E-state index contributed by atoms with van der Waals surface area (Å²) in [6, 6.07) is 0. The number of thiazole rings is 1. The fraction of sp³-hybridized carbons (Fsp3) is 0.533. The number of aryl methyl sites for hydroxylation is 2. The number of carbonyl (C=O) groups excluding carboxylic acids is 1. The van der Waals surface area contributed by atoms with Crippen LogP contribution in [0.5, 0.6) is 0 Å². The molecule has 1 aliphatic heterocycles. The van der Waals surface area contributed by atoms with Crippen LogP contribution in [0.15, 0.2) is 11.6 Å². The predicted molar refractivity (Wildman–Crippen MR) is 82.4 cm³/mol. The summed E-state index contributed by atoms with van der Waals surface area (Å²) in [6.45, 7) is 5.58. The fourth-order valence-electron chi connectivity index (χ4n) is 2.82. The van der Waals surface area contributed by atoms with Crippen LogP contribution >= 0.6 is 11.3 Å². The number of aromatic amines is 1. The highest BCUT2D eigenvalue weighted by molar-refractivity contribution is 7.09. The van der Waals surface area contributed by atoms with Crippen molar-refractivity contribution < 1.29 is 4.79 Å². The third-order valence-electron chi connectivity index (χ3n) is 3.88. The maximum Gasteiger partial charge on any atom is 0.228 e. The van der Waals surface area contributed by atoms with Crippen molar-refractivity contribution >= 4 is 17.2 Å². The molecule has 0 spiro atoms. The molecule has 1 amide bonds. The summed E-state index contributed by atoms with van der Waals surface area (Å²) in [4.78, 5) is 26.5. The molecule has 0 unspecified atom stereocenters. The van der Waals surface area contributed by atoms with Crippen LogP contribution in [0.2, 0.25) is 0 Å². The maximum absolute atomic E-state index is 12.4. The van der Waals surface area contributed by atoms with Crippen molar-refractivity contribution in [1.29, 1.82) is 0 Å². The first-order chi connectivity index (χ1) is 10.1. The highest BCUT2D eigenvalue weighted by atomic mass is 32.1. The molecule has 2 aromatic rings. The lowest BCUT2D eigenvalue weighted by molar-refractivity contribution is -0.131. The number of hydrogen-bond donors (Lipinski definition) is 1. The van der Waals surface area contributed by atoms with E-state index >= 15 is 0 Å². The zero-order valence-corrected chi connectivity index (χ0v) is 13.2. The summed E-state index contributed by atoms with van der Waals surface area (Å²) in [6.07, 6.45) is 4.39. The molecule has 0 aromatic carbocycles. The van der Waals surface area contributed by atoms with E-state index in [0.717, 1.165) is 48.2 Å². The SMILES string of the molecule is Cc1cnc([C@@H]2CCCN(C(=O)Cc3csc(C)n3)C2)[nH]1. The Labute approximate surface area is 128 Å². The van der Waals surface area contributed by atoms with Gasteiger partial charge in [-0.2, -0.15) is 0 Å². The molecule has 6 heteroatoms. The molecule has 1 aliphatic rings. The number of likely N-dealkylation sites (tertiary alicyclic amines) is 1. The number of piperidine rings is 1. The number of amides is 1. The summed E-state index contributed by atoms with van der Waals surface area (Å²) < 4.78 is 0. The number of imidazole rings is 1. The maximum atomic E-state index is 12.4. The monoisotopic (exact) mass is 304 g/mol. The van der Waals surface area contributed by atoms with E-state index in [2.05, 4.69) is 15.0 Å². The molecular weight excluding hydrogens is 284 g/mol. The van der Waals surface area contributed by atoms with Gasteiger partial charge in [0.05, 0.1) is 17.1 Å². The van der Waals surface area contributed by atoms with Crippen molar-refractivity contribution in [3.05, 3.63) is 33.8 Å². The van der Waals surface area contributed by atoms with E-state index in [1.54, 1.807) is 11.3 Å². The quantitative estimate of drug-likeness (QED) is 0.947. The number of aromatic nitrogens is 3. The summed E-state index contributed by atoms with van der Waals surface area (Å²) >= 11 is 1.60. The second kappa shape index (κ2) is 5.97. The Bertz CT molecular complexity index is 633. The van der Waals surface area contributed by atoms with Crippen LogP contribution in [0, 0.1) is 13.8 Å². The Hall–Kier alpha value is -1.69. The van der Waals surface area contributed by atoms with Crippen LogP contribution < -0.4 is 0 Å². The van der Waals surface area contributed by atoms with Gasteiger partial charge in [0.1, 0.15) is 5.82 Å². The lowest BCUT2D eigenvalue weighted by atomic mass is 9.97. The molecule has 1 N–H and O–H groups in total. The molecule has 2 aromatic heterocycles. The van der Waals surface area contributed by atoms with E-state index in [1.807, 2.05) is 30.3 Å². The normalized spacial score (nSPS) is 19.0. The Balaban J connectivity index is 1.64. The molecule has 3 heterocycles. The van der Waals surface area contributed by atoms with E-state index < -0.39 is 0 Å². The number of nitrogens with one attached hydrogen (secondary N) is 1. The van der Waals surface area contributed by atoms with E-state index in [4.69, 9.17) is 0 Å².